The van der Waals surface area contributed by atoms with Crippen LogP contribution in [0.15, 0.2) is 0 Å². The summed E-state index contributed by atoms with van der Waals surface area (Å²) in [6, 6.07) is 0. The van der Waals surface area contributed by atoms with Crippen molar-refractivity contribution < 1.29 is 23.9 Å². The van der Waals surface area contributed by atoms with Crippen molar-refractivity contribution in [2.75, 3.05) is 6.61 Å². The highest BCUT2D eigenvalue weighted by Crippen LogP contribution is 2.23. The summed E-state index contributed by atoms with van der Waals surface area (Å²) < 4.78 is 10.8. The summed E-state index contributed by atoms with van der Waals surface area (Å²) in [4.78, 5) is 38.6. The lowest BCUT2D eigenvalue weighted by atomic mass is 9.88. The second-order valence-corrected chi connectivity index (χ2v) is 17.9. The van der Waals surface area contributed by atoms with Gasteiger partial charge in [-0.3, -0.25) is 9.59 Å². The van der Waals surface area contributed by atoms with Gasteiger partial charge in [-0.25, -0.2) is 4.79 Å². The number of nitrogens with two attached hydrogens (primary N) is 1. The van der Waals surface area contributed by atoms with Gasteiger partial charge in [-0.15, -0.1) is 0 Å². The van der Waals surface area contributed by atoms with Gasteiger partial charge in [0.2, 0.25) is 0 Å². The molecular weight excluding hydrogens is 707 g/mol. The number of hydrogen-bond acceptors (Lipinski definition) is 6. The van der Waals surface area contributed by atoms with E-state index in [4.69, 9.17) is 15.2 Å². The van der Waals surface area contributed by atoms with E-state index < -0.39 is 17.5 Å². The van der Waals surface area contributed by atoms with Gasteiger partial charge in [0, 0.05) is 12.8 Å². The van der Waals surface area contributed by atoms with Crippen LogP contribution < -0.4 is 5.73 Å². The number of unbranched alkanes of at least 4 members (excludes halogenated alkanes) is 36. The lowest BCUT2D eigenvalue weighted by Gasteiger charge is -2.26. The van der Waals surface area contributed by atoms with Gasteiger partial charge in [0.1, 0.15) is 5.54 Å². The zero-order valence-corrected chi connectivity index (χ0v) is 38.7. The van der Waals surface area contributed by atoms with Crippen molar-refractivity contribution in [3.05, 3.63) is 0 Å². The highest BCUT2D eigenvalue weighted by Gasteiger charge is 2.37. The maximum atomic E-state index is 13.3. The van der Waals surface area contributed by atoms with Gasteiger partial charge < -0.3 is 15.2 Å². The van der Waals surface area contributed by atoms with E-state index in [0.29, 0.717) is 13.0 Å². The van der Waals surface area contributed by atoms with Crippen LogP contribution in [-0.2, 0) is 23.9 Å². The van der Waals surface area contributed by atoms with Crippen LogP contribution in [0.2, 0.25) is 0 Å². The first-order chi connectivity index (χ1) is 27.9. The van der Waals surface area contributed by atoms with Gasteiger partial charge in [0.05, 0.1) is 6.61 Å². The van der Waals surface area contributed by atoms with Gasteiger partial charge in [-0.05, 0) is 25.7 Å². The van der Waals surface area contributed by atoms with E-state index in [2.05, 4.69) is 20.8 Å². The Hall–Kier alpha value is -1.43. The van der Waals surface area contributed by atoms with Crippen LogP contribution in [0.25, 0.3) is 0 Å². The molecule has 0 rings (SSSR count). The lowest BCUT2D eigenvalue weighted by Crippen LogP contribution is -2.50. The molecule has 0 aromatic rings. The van der Waals surface area contributed by atoms with Gasteiger partial charge in [0.25, 0.3) is 0 Å². The molecule has 0 aliphatic carbocycles. The van der Waals surface area contributed by atoms with E-state index in [-0.39, 0.29) is 25.2 Å². The number of carbonyl (C=O) groups is 3. The third kappa shape index (κ3) is 39.8. The molecular formula is C51H99NO5. The Labute approximate surface area is 355 Å². The van der Waals surface area contributed by atoms with Gasteiger partial charge in [-0.2, -0.15) is 0 Å². The Bertz CT molecular complexity index is 878. The van der Waals surface area contributed by atoms with Crippen LogP contribution in [0.3, 0.4) is 0 Å². The summed E-state index contributed by atoms with van der Waals surface area (Å²) in [5, 5.41) is 0. The van der Waals surface area contributed by atoms with Crippen molar-refractivity contribution >= 4 is 17.9 Å². The van der Waals surface area contributed by atoms with Crippen LogP contribution in [0.5, 0.6) is 0 Å². The summed E-state index contributed by atoms with van der Waals surface area (Å²) in [5.41, 5.74) is 5.34. The molecule has 0 spiro atoms. The zero-order chi connectivity index (χ0) is 41.8. The predicted molar refractivity (Wildman–Crippen MR) is 245 cm³/mol. The van der Waals surface area contributed by atoms with E-state index in [1.165, 1.54) is 199 Å². The van der Waals surface area contributed by atoms with Crippen LogP contribution in [-0.4, -0.2) is 30.1 Å². The predicted octanol–water partition coefficient (Wildman–Crippen LogP) is 16.1. The molecule has 0 saturated carbocycles. The number of esters is 3. The van der Waals surface area contributed by atoms with E-state index in [0.717, 1.165) is 51.4 Å². The third-order valence-corrected chi connectivity index (χ3v) is 12.1. The molecule has 0 bridgehead atoms. The minimum Gasteiger partial charge on any atom is -0.466 e. The largest absolute Gasteiger partial charge is 0.466 e. The fourth-order valence-electron chi connectivity index (χ4n) is 8.03. The molecule has 0 saturated heterocycles. The fourth-order valence-corrected chi connectivity index (χ4v) is 8.03. The maximum absolute atomic E-state index is 13.3. The molecule has 0 aliphatic rings. The molecule has 0 heterocycles. The van der Waals surface area contributed by atoms with Crippen LogP contribution >= 0.6 is 0 Å². The van der Waals surface area contributed by atoms with Crippen LogP contribution in [0, 0.1) is 0 Å². The van der Waals surface area contributed by atoms with Crippen molar-refractivity contribution in [1.29, 1.82) is 0 Å². The van der Waals surface area contributed by atoms with Crippen molar-refractivity contribution in [2.24, 2.45) is 5.73 Å². The first kappa shape index (κ1) is 55.6. The van der Waals surface area contributed by atoms with Crippen LogP contribution in [0.1, 0.15) is 297 Å². The highest BCUT2D eigenvalue weighted by molar-refractivity contribution is 5.91. The molecule has 0 aromatic heterocycles. The van der Waals surface area contributed by atoms with Gasteiger partial charge in [-0.1, -0.05) is 258 Å². The molecule has 0 radical (unpaired) electrons. The van der Waals surface area contributed by atoms with Gasteiger partial charge in [0.15, 0.2) is 0 Å². The lowest BCUT2D eigenvalue weighted by molar-refractivity contribution is -0.164. The van der Waals surface area contributed by atoms with Crippen molar-refractivity contribution in [3.8, 4) is 0 Å². The molecule has 6 heteroatoms. The first-order valence-corrected chi connectivity index (χ1v) is 25.6. The van der Waals surface area contributed by atoms with Crippen LogP contribution in [0.4, 0.5) is 0 Å². The number of carbonyl (C=O) groups excluding carboxylic acids is 3. The molecule has 0 unspecified atom stereocenters. The van der Waals surface area contributed by atoms with E-state index in [1.54, 1.807) is 0 Å². The fraction of sp³-hybridized carbons (Fsp3) is 0.941. The Morgan fingerprint density at radius 1 is 0.351 bits per heavy atom. The summed E-state index contributed by atoms with van der Waals surface area (Å²) in [6.45, 7) is 7.18. The molecule has 6 nitrogen and oxygen atoms in total. The Kier molecular flexibility index (Phi) is 43.0. The molecule has 0 amide bonds. The quantitative estimate of drug-likeness (QED) is 0.0374. The molecule has 2 N–H and O–H groups in total. The Morgan fingerprint density at radius 2 is 0.649 bits per heavy atom. The summed E-state index contributed by atoms with van der Waals surface area (Å²) >= 11 is 0. The number of ether oxygens (including phenoxy) is 2. The van der Waals surface area contributed by atoms with Crippen molar-refractivity contribution in [3.63, 3.8) is 0 Å². The average Bonchev–Trinajstić information content (AvgIpc) is 3.20. The standard InChI is InChI=1S/C51H99NO5/c1-4-7-10-13-16-19-21-22-23-24-25-26-27-28-29-30-32-35-38-41-45-51(52,50(55)57-49(54)43-40-37-34-31-18-15-12-9-6-3)46-44-48(53)56-47-42-39-36-33-20-17-14-11-8-5-2/h4-47,52H2,1-3H3/t51-/m1/s1. The molecule has 0 fully saturated rings. The monoisotopic (exact) mass is 806 g/mol. The normalized spacial score (nSPS) is 12.5. The smallest absolute Gasteiger partial charge is 0.333 e. The third-order valence-electron chi connectivity index (χ3n) is 12.1. The molecule has 338 valence electrons. The Balaban J connectivity index is 4.37. The van der Waals surface area contributed by atoms with E-state index in [9.17, 15) is 14.4 Å². The van der Waals surface area contributed by atoms with E-state index >= 15 is 0 Å². The SMILES string of the molecule is CCCCCCCCCCCCCCCCCCCCCC[C@@](N)(CCC(=O)OCCCCCCCCCCCC)C(=O)OC(=O)CCCCCCCCCCC. The second-order valence-electron chi connectivity index (χ2n) is 17.9. The minimum absolute atomic E-state index is 0.0645. The topological polar surface area (TPSA) is 95.7 Å². The minimum atomic E-state index is -1.35. The summed E-state index contributed by atoms with van der Waals surface area (Å²) in [7, 11) is 0. The average molecular weight is 806 g/mol. The Morgan fingerprint density at radius 3 is 1.00 bits per heavy atom. The summed E-state index contributed by atoms with van der Waals surface area (Å²) in [6.07, 6.45) is 49.8. The number of rotatable bonds is 46. The maximum Gasteiger partial charge on any atom is 0.333 e. The second kappa shape index (κ2) is 44.1. The number of hydrogen-bond donors (Lipinski definition) is 1. The molecule has 1 atom stereocenters. The molecule has 0 aliphatic heterocycles. The van der Waals surface area contributed by atoms with Gasteiger partial charge >= 0.3 is 17.9 Å². The highest BCUT2D eigenvalue weighted by atomic mass is 16.6. The summed E-state index contributed by atoms with van der Waals surface area (Å²) in [5.74, 6) is -1.49. The van der Waals surface area contributed by atoms with Crippen molar-refractivity contribution in [2.45, 2.75) is 302 Å². The zero-order valence-electron chi connectivity index (χ0n) is 38.7. The molecule has 0 aromatic carbocycles. The molecule has 57 heavy (non-hydrogen) atoms. The van der Waals surface area contributed by atoms with E-state index in [1.807, 2.05) is 0 Å². The van der Waals surface area contributed by atoms with Crippen molar-refractivity contribution in [1.82, 2.24) is 0 Å². The first-order valence-electron chi connectivity index (χ1n) is 25.6.